The van der Waals surface area contributed by atoms with Crippen LogP contribution in [0.15, 0.2) is 36.4 Å². The minimum absolute atomic E-state index is 0.0178. The molecule has 0 bridgehead atoms. The summed E-state index contributed by atoms with van der Waals surface area (Å²) in [6, 6.07) is 9.92. The van der Waals surface area contributed by atoms with Gasteiger partial charge in [0.25, 0.3) is 5.91 Å². The number of anilines is 1. The van der Waals surface area contributed by atoms with Crippen LogP contribution in [-0.4, -0.2) is 30.9 Å². The van der Waals surface area contributed by atoms with Crippen LogP contribution in [-0.2, 0) is 4.79 Å². The molecule has 5 rings (SSSR count). The summed E-state index contributed by atoms with van der Waals surface area (Å²) in [6.07, 6.45) is 2.71. The van der Waals surface area contributed by atoms with Crippen molar-refractivity contribution in [2.24, 2.45) is 11.8 Å². The van der Waals surface area contributed by atoms with Crippen LogP contribution in [0.3, 0.4) is 0 Å². The SMILES string of the molecule is O=C(COc1ccc(Cl)c(F)c1)NC1C[C@H](NC2Nc3cc(Cl)ccc3O2)C2CCC12. The van der Waals surface area contributed by atoms with Crippen LogP contribution in [0.2, 0.25) is 10.0 Å². The molecule has 0 aromatic heterocycles. The molecule has 5 atom stereocenters. The molecule has 3 N–H and O–H groups in total. The highest BCUT2D eigenvalue weighted by molar-refractivity contribution is 6.31. The molecular formula is C22H22Cl2FN3O3. The quantitative estimate of drug-likeness (QED) is 0.596. The Balaban J connectivity index is 1.13. The standard InChI is InChI=1S/C22H22Cl2FN3O3/c23-11-1-6-20-19(7-11)28-22(31-20)27-18-9-17(13-3-4-14(13)18)26-21(29)10-30-12-2-5-15(24)16(25)8-12/h1-2,5-8,13-14,17-18,22,27-28H,3-4,9-10H2,(H,26,29)/t13?,14?,17?,18-,22?/m0/s1. The molecule has 1 amide bonds. The fourth-order valence-electron chi connectivity index (χ4n) is 4.78. The number of hydrogen-bond donors (Lipinski definition) is 3. The maximum absolute atomic E-state index is 13.5. The molecule has 2 aliphatic carbocycles. The monoisotopic (exact) mass is 465 g/mol. The van der Waals surface area contributed by atoms with Crippen LogP contribution in [0.5, 0.6) is 11.5 Å². The third kappa shape index (κ3) is 4.27. The van der Waals surface area contributed by atoms with Crippen LogP contribution in [0.4, 0.5) is 10.1 Å². The van der Waals surface area contributed by atoms with Gasteiger partial charge in [0.15, 0.2) is 6.61 Å². The first-order chi connectivity index (χ1) is 15.0. The van der Waals surface area contributed by atoms with Crippen molar-refractivity contribution < 1.29 is 18.7 Å². The number of hydrogen-bond acceptors (Lipinski definition) is 5. The fourth-order valence-corrected chi connectivity index (χ4v) is 5.07. The zero-order valence-electron chi connectivity index (χ0n) is 16.5. The molecule has 4 unspecified atom stereocenters. The van der Waals surface area contributed by atoms with E-state index in [1.165, 1.54) is 18.2 Å². The van der Waals surface area contributed by atoms with Gasteiger partial charge >= 0.3 is 0 Å². The minimum atomic E-state index is -0.575. The first kappa shape index (κ1) is 20.7. The number of amides is 1. The van der Waals surface area contributed by atoms with E-state index in [2.05, 4.69) is 16.0 Å². The molecule has 0 radical (unpaired) electrons. The van der Waals surface area contributed by atoms with Crippen LogP contribution in [0.25, 0.3) is 0 Å². The molecule has 0 saturated heterocycles. The molecule has 0 spiro atoms. The van der Waals surface area contributed by atoms with Crippen molar-refractivity contribution in [1.29, 1.82) is 0 Å². The molecule has 2 saturated carbocycles. The summed E-state index contributed by atoms with van der Waals surface area (Å²) < 4.78 is 24.8. The lowest BCUT2D eigenvalue weighted by atomic mass is 9.73. The number of carbonyl (C=O) groups is 1. The van der Waals surface area contributed by atoms with Gasteiger partial charge in [-0.05, 0) is 61.4 Å². The zero-order chi connectivity index (χ0) is 21.5. The van der Waals surface area contributed by atoms with Crippen molar-refractivity contribution in [3.63, 3.8) is 0 Å². The number of fused-ring (bicyclic) bond motifs is 2. The average Bonchev–Trinajstić information content (AvgIpc) is 3.18. The number of halogens is 3. The van der Waals surface area contributed by atoms with Gasteiger partial charge in [0.2, 0.25) is 6.35 Å². The van der Waals surface area contributed by atoms with Gasteiger partial charge in [0.1, 0.15) is 17.3 Å². The predicted molar refractivity (Wildman–Crippen MR) is 116 cm³/mol. The van der Waals surface area contributed by atoms with E-state index in [4.69, 9.17) is 32.7 Å². The van der Waals surface area contributed by atoms with E-state index in [1.54, 1.807) is 6.07 Å². The molecule has 6 nitrogen and oxygen atoms in total. The first-order valence-electron chi connectivity index (χ1n) is 10.3. The smallest absolute Gasteiger partial charge is 0.258 e. The van der Waals surface area contributed by atoms with Gasteiger partial charge < -0.3 is 20.1 Å². The second-order valence-electron chi connectivity index (χ2n) is 8.24. The van der Waals surface area contributed by atoms with Gasteiger partial charge in [-0.2, -0.15) is 0 Å². The summed E-state index contributed by atoms with van der Waals surface area (Å²) in [5, 5.41) is 10.6. The Morgan fingerprint density at radius 2 is 1.97 bits per heavy atom. The van der Waals surface area contributed by atoms with Gasteiger partial charge in [-0.1, -0.05) is 23.2 Å². The molecule has 2 aromatic carbocycles. The van der Waals surface area contributed by atoms with Crippen molar-refractivity contribution in [2.75, 3.05) is 11.9 Å². The van der Waals surface area contributed by atoms with Crippen LogP contribution >= 0.6 is 23.2 Å². The van der Waals surface area contributed by atoms with Gasteiger partial charge in [-0.15, -0.1) is 0 Å². The van der Waals surface area contributed by atoms with E-state index in [0.29, 0.717) is 16.9 Å². The Kier molecular flexibility index (Phi) is 5.58. The van der Waals surface area contributed by atoms with Crippen molar-refractivity contribution in [1.82, 2.24) is 10.6 Å². The van der Waals surface area contributed by atoms with E-state index < -0.39 is 5.82 Å². The third-order valence-electron chi connectivity index (χ3n) is 6.37. The van der Waals surface area contributed by atoms with E-state index in [0.717, 1.165) is 30.7 Å². The van der Waals surface area contributed by atoms with Crippen molar-refractivity contribution in [2.45, 2.75) is 37.7 Å². The highest BCUT2D eigenvalue weighted by Gasteiger charge is 2.49. The van der Waals surface area contributed by atoms with E-state index >= 15 is 0 Å². The molecule has 3 aliphatic rings. The Labute approximate surface area is 189 Å². The molecule has 2 aromatic rings. The fraction of sp³-hybridized carbons (Fsp3) is 0.409. The molecule has 1 aliphatic heterocycles. The maximum atomic E-state index is 13.5. The first-order valence-corrected chi connectivity index (χ1v) is 11.1. The van der Waals surface area contributed by atoms with Gasteiger partial charge in [0.05, 0.1) is 10.7 Å². The lowest BCUT2D eigenvalue weighted by Gasteiger charge is -2.37. The molecule has 31 heavy (non-hydrogen) atoms. The van der Waals surface area contributed by atoms with Crippen molar-refractivity contribution in [3.8, 4) is 11.5 Å². The molecule has 164 valence electrons. The van der Waals surface area contributed by atoms with Gasteiger partial charge in [-0.25, -0.2) is 4.39 Å². The van der Waals surface area contributed by atoms with Crippen LogP contribution < -0.4 is 25.4 Å². The third-order valence-corrected chi connectivity index (χ3v) is 6.91. The highest BCUT2D eigenvalue weighted by atomic mass is 35.5. The van der Waals surface area contributed by atoms with Crippen molar-refractivity contribution >= 4 is 34.8 Å². The Hall–Kier alpha value is -2.22. The molecular weight excluding hydrogens is 444 g/mol. The number of rotatable bonds is 6. The normalized spacial score (nSPS) is 28.0. The number of carbonyl (C=O) groups excluding carboxylic acids is 1. The molecule has 2 fully saturated rings. The summed E-state index contributed by atoms with van der Waals surface area (Å²) in [5.74, 6) is 1.18. The number of benzene rings is 2. The summed E-state index contributed by atoms with van der Waals surface area (Å²) in [4.78, 5) is 12.4. The molecule has 1 heterocycles. The van der Waals surface area contributed by atoms with Crippen LogP contribution in [0.1, 0.15) is 19.3 Å². The largest absolute Gasteiger partial charge is 0.484 e. The summed E-state index contributed by atoms with van der Waals surface area (Å²) in [5.41, 5.74) is 0.869. The number of ether oxygens (including phenoxy) is 2. The zero-order valence-corrected chi connectivity index (χ0v) is 18.0. The Bertz CT molecular complexity index is 1010. The maximum Gasteiger partial charge on any atom is 0.258 e. The minimum Gasteiger partial charge on any atom is -0.484 e. The average molecular weight is 466 g/mol. The van der Waals surface area contributed by atoms with E-state index in [1.807, 2.05) is 12.1 Å². The van der Waals surface area contributed by atoms with E-state index in [9.17, 15) is 9.18 Å². The van der Waals surface area contributed by atoms with Gasteiger partial charge in [-0.3, -0.25) is 10.1 Å². The number of nitrogens with one attached hydrogen (secondary N) is 3. The van der Waals surface area contributed by atoms with E-state index in [-0.39, 0.29) is 41.7 Å². The lowest BCUT2D eigenvalue weighted by molar-refractivity contribution is -0.124. The predicted octanol–water partition coefficient (Wildman–Crippen LogP) is 4.17. The van der Waals surface area contributed by atoms with Crippen molar-refractivity contribution in [3.05, 3.63) is 52.3 Å². The second kappa shape index (κ2) is 8.37. The molecule has 9 heteroatoms. The van der Waals surface area contributed by atoms with Crippen LogP contribution in [0, 0.1) is 17.7 Å². The second-order valence-corrected chi connectivity index (χ2v) is 9.08. The summed E-state index contributed by atoms with van der Waals surface area (Å²) in [7, 11) is 0. The lowest BCUT2D eigenvalue weighted by Crippen LogP contribution is -2.48. The topological polar surface area (TPSA) is 71.6 Å². The Morgan fingerprint density at radius 3 is 2.74 bits per heavy atom. The highest BCUT2D eigenvalue weighted by Crippen LogP contribution is 2.47. The van der Waals surface area contributed by atoms with Gasteiger partial charge in [0, 0.05) is 23.2 Å². The summed E-state index contributed by atoms with van der Waals surface area (Å²) >= 11 is 11.7. The Morgan fingerprint density at radius 1 is 1.16 bits per heavy atom. The summed E-state index contributed by atoms with van der Waals surface area (Å²) in [6.45, 7) is -0.170.